The molecule has 8 heteroatoms. The quantitative estimate of drug-likeness (QED) is 0.834. The van der Waals surface area contributed by atoms with Crippen molar-refractivity contribution in [1.82, 2.24) is 4.31 Å². The van der Waals surface area contributed by atoms with Gasteiger partial charge in [0.25, 0.3) is 0 Å². The van der Waals surface area contributed by atoms with E-state index in [4.69, 9.17) is 26.2 Å². The van der Waals surface area contributed by atoms with E-state index < -0.39 is 10.0 Å². The maximum absolute atomic E-state index is 12.8. The van der Waals surface area contributed by atoms with Gasteiger partial charge in [0.2, 0.25) is 10.0 Å². The molecule has 140 valence electrons. The first kappa shape index (κ1) is 19.1. The number of halogens is 1. The molecule has 1 spiro atoms. The minimum atomic E-state index is -3.59. The van der Waals surface area contributed by atoms with E-state index in [0.29, 0.717) is 39.1 Å². The topological polar surface area (TPSA) is 76.1 Å². The van der Waals surface area contributed by atoms with Gasteiger partial charge in [-0.2, -0.15) is 4.31 Å². The van der Waals surface area contributed by atoms with Crippen LogP contribution in [0.5, 0.6) is 0 Å². The van der Waals surface area contributed by atoms with Gasteiger partial charge in [-0.15, -0.1) is 0 Å². The predicted molar refractivity (Wildman–Crippen MR) is 94.2 cm³/mol. The second-order valence-electron chi connectivity index (χ2n) is 6.58. The third kappa shape index (κ3) is 4.18. The predicted octanol–water partition coefficient (Wildman–Crippen LogP) is 2.05. The summed E-state index contributed by atoms with van der Waals surface area (Å²) in [5, 5.41) is 9.16. The molecule has 0 amide bonds. The Balaban J connectivity index is 1.66. The Morgan fingerprint density at radius 3 is 2.72 bits per heavy atom. The average Bonchev–Trinajstić information content (AvgIpc) is 2.61. The molecule has 25 heavy (non-hydrogen) atoms. The molecule has 6 nitrogen and oxygen atoms in total. The summed E-state index contributed by atoms with van der Waals surface area (Å²) in [5.74, 6) is 0. The zero-order valence-electron chi connectivity index (χ0n) is 14.1. The van der Waals surface area contributed by atoms with Gasteiger partial charge in [0.15, 0.2) is 0 Å². The van der Waals surface area contributed by atoms with Gasteiger partial charge in [0.1, 0.15) is 4.90 Å². The van der Waals surface area contributed by atoms with Gasteiger partial charge in [0.05, 0.1) is 29.9 Å². The van der Waals surface area contributed by atoms with E-state index in [1.54, 1.807) is 18.2 Å². The summed E-state index contributed by atoms with van der Waals surface area (Å²) in [7, 11) is -3.59. The number of sulfonamides is 1. The molecular formula is C17H24ClNO5S. The van der Waals surface area contributed by atoms with Crippen molar-refractivity contribution in [2.45, 2.75) is 42.3 Å². The molecule has 1 unspecified atom stereocenters. The summed E-state index contributed by atoms with van der Waals surface area (Å²) >= 11 is 6.07. The number of rotatable bonds is 5. The van der Waals surface area contributed by atoms with E-state index in [0.717, 1.165) is 12.8 Å². The van der Waals surface area contributed by atoms with Gasteiger partial charge in [0, 0.05) is 26.1 Å². The Hall–Kier alpha value is -0.700. The fourth-order valence-corrected chi connectivity index (χ4v) is 5.55. The highest BCUT2D eigenvalue weighted by molar-refractivity contribution is 7.89. The summed E-state index contributed by atoms with van der Waals surface area (Å²) < 4.78 is 38.8. The van der Waals surface area contributed by atoms with E-state index in [-0.39, 0.29) is 28.2 Å². The summed E-state index contributed by atoms with van der Waals surface area (Å²) in [5.41, 5.74) is -0.328. The third-order valence-corrected chi connectivity index (χ3v) is 7.38. The fraction of sp³-hybridized carbons (Fsp3) is 0.647. The number of piperidine rings is 1. The average molecular weight is 390 g/mol. The smallest absolute Gasteiger partial charge is 0.244 e. The second kappa shape index (κ2) is 7.90. The van der Waals surface area contributed by atoms with Crippen molar-refractivity contribution >= 4 is 21.6 Å². The summed E-state index contributed by atoms with van der Waals surface area (Å²) in [4.78, 5) is 0.154. The van der Waals surface area contributed by atoms with Gasteiger partial charge < -0.3 is 14.6 Å². The minimum absolute atomic E-state index is 0.00815. The van der Waals surface area contributed by atoms with E-state index in [1.165, 1.54) is 10.4 Å². The van der Waals surface area contributed by atoms with Crippen molar-refractivity contribution in [1.29, 1.82) is 0 Å². The molecule has 0 aliphatic carbocycles. The highest BCUT2D eigenvalue weighted by Crippen LogP contribution is 2.38. The lowest BCUT2D eigenvalue weighted by atomic mass is 9.84. The summed E-state index contributed by atoms with van der Waals surface area (Å²) in [6.07, 6.45) is 2.88. The van der Waals surface area contributed by atoms with E-state index >= 15 is 0 Å². The SMILES string of the molecule is O=S(=O)(c1ccccc1Cl)N1CCC2(CC1)CC(OCCO)CCO2. The van der Waals surface area contributed by atoms with Crippen LogP contribution in [-0.2, 0) is 19.5 Å². The Morgan fingerprint density at radius 2 is 2.04 bits per heavy atom. The van der Waals surface area contributed by atoms with Crippen LogP contribution in [0.15, 0.2) is 29.2 Å². The Kier molecular flexibility index (Phi) is 6.03. The molecule has 1 N–H and O–H groups in total. The van der Waals surface area contributed by atoms with E-state index in [2.05, 4.69) is 0 Å². The first-order valence-corrected chi connectivity index (χ1v) is 10.4. The standard InChI is InChI=1S/C17H24ClNO5S/c18-15-3-1-2-4-16(15)25(21,22)19-8-6-17(7-9-19)13-14(5-11-24-17)23-12-10-20/h1-4,14,20H,5-13H2. The van der Waals surface area contributed by atoms with Crippen molar-refractivity contribution in [3.8, 4) is 0 Å². The molecule has 2 aliphatic heterocycles. The van der Waals surface area contributed by atoms with Crippen LogP contribution >= 0.6 is 11.6 Å². The number of ether oxygens (including phenoxy) is 2. The number of hydrogen-bond acceptors (Lipinski definition) is 5. The van der Waals surface area contributed by atoms with Crippen LogP contribution in [0.4, 0.5) is 0 Å². The van der Waals surface area contributed by atoms with Gasteiger partial charge in [-0.25, -0.2) is 8.42 Å². The van der Waals surface area contributed by atoms with Crippen LogP contribution in [0.3, 0.4) is 0 Å². The maximum atomic E-state index is 12.8. The molecule has 2 fully saturated rings. The monoisotopic (exact) mass is 389 g/mol. The highest BCUT2D eigenvalue weighted by atomic mass is 35.5. The molecule has 0 aromatic heterocycles. The number of nitrogens with zero attached hydrogens (tertiary/aromatic N) is 1. The van der Waals surface area contributed by atoms with Crippen LogP contribution in [0.1, 0.15) is 25.7 Å². The van der Waals surface area contributed by atoms with Crippen molar-refractivity contribution in [2.75, 3.05) is 32.9 Å². The Bertz CT molecular complexity index is 688. The molecule has 2 saturated heterocycles. The zero-order valence-corrected chi connectivity index (χ0v) is 15.6. The molecule has 2 aliphatic rings. The highest BCUT2D eigenvalue weighted by Gasteiger charge is 2.43. The van der Waals surface area contributed by atoms with Crippen molar-refractivity contribution < 1.29 is 23.0 Å². The van der Waals surface area contributed by atoms with Gasteiger partial charge in [-0.05, 0) is 31.4 Å². The number of aliphatic hydroxyl groups is 1. The minimum Gasteiger partial charge on any atom is -0.394 e. The summed E-state index contributed by atoms with van der Waals surface area (Å²) in [6.45, 7) is 1.75. The Morgan fingerprint density at radius 1 is 1.32 bits per heavy atom. The lowest BCUT2D eigenvalue weighted by Crippen LogP contribution is -2.52. The van der Waals surface area contributed by atoms with Crippen molar-refractivity contribution in [3.05, 3.63) is 29.3 Å². The van der Waals surface area contributed by atoms with Gasteiger partial charge >= 0.3 is 0 Å². The molecule has 0 radical (unpaired) electrons. The van der Waals surface area contributed by atoms with Crippen LogP contribution in [-0.4, -0.2) is 62.4 Å². The van der Waals surface area contributed by atoms with E-state index in [9.17, 15) is 8.42 Å². The molecule has 2 heterocycles. The van der Waals surface area contributed by atoms with E-state index in [1.807, 2.05) is 0 Å². The fourth-order valence-electron chi connectivity index (χ4n) is 3.62. The Labute approximate surface area is 153 Å². The number of aliphatic hydroxyl groups excluding tert-OH is 1. The largest absolute Gasteiger partial charge is 0.394 e. The zero-order chi connectivity index (χ0) is 17.9. The van der Waals surface area contributed by atoms with Crippen LogP contribution in [0.2, 0.25) is 5.02 Å². The number of benzene rings is 1. The van der Waals surface area contributed by atoms with Crippen LogP contribution in [0, 0.1) is 0 Å². The first-order chi connectivity index (χ1) is 12.0. The molecule has 1 aromatic rings. The van der Waals surface area contributed by atoms with Crippen molar-refractivity contribution in [3.63, 3.8) is 0 Å². The van der Waals surface area contributed by atoms with Gasteiger partial charge in [-0.1, -0.05) is 23.7 Å². The van der Waals surface area contributed by atoms with Crippen LogP contribution in [0.25, 0.3) is 0 Å². The molecule has 3 rings (SSSR count). The summed E-state index contributed by atoms with van der Waals surface area (Å²) in [6, 6.07) is 6.53. The maximum Gasteiger partial charge on any atom is 0.244 e. The van der Waals surface area contributed by atoms with Crippen molar-refractivity contribution in [2.24, 2.45) is 0 Å². The molecule has 1 aromatic carbocycles. The van der Waals surface area contributed by atoms with Crippen LogP contribution < -0.4 is 0 Å². The first-order valence-electron chi connectivity index (χ1n) is 8.58. The molecule has 0 saturated carbocycles. The number of hydrogen-bond donors (Lipinski definition) is 1. The third-order valence-electron chi connectivity index (χ3n) is 4.98. The lowest BCUT2D eigenvalue weighted by molar-refractivity contribution is -0.152. The lowest BCUT2D eigenvalue weighted by Gasteiger charge is -2.45. The normalized spacial score (nSPS) is 24.5. The molecular weight excluding hydrogens is 366 g/mol. The second-order valence-corrected chi connectivity index (χ2v) is 8.89. The molecule has 0 bridgehead atoms. The van der Waals surface area contributed by atoms with Gasteiger partial charge in [-0.3, -0.25) is 0 Å². The molecule has 1 atom stereocenters.